The molecule has 2 nitrogen and oxygen atoms in total. The van der Waals surface area contributed by atoms with E-state index in [1.807, 2.05) is 0 Å². The molecule has 0 atom stereocenters. The number of hydrogen-bond acceptors (Lipinski definition) is 2. The van der Waals surface area contributed by atoms with Gasteiger partial charge in [0.15, 0.2) is 0 Å². The Hall–Kier alpha value is 0.430. The highest BCUT2D eigenvalue weighted by molar-refractivity contribution is 5.85. The quantitative estimate of drug-likeness (QED) is 0.522. The van der Waals surface area contributed by atoms with E-state index in [1.165, 1.54) is 5.01 Å². The minimum absolute atomic E-state index is 0. The van der Waals surface area contributed by atoms with Crippen LogP contribution in [0.1, 0.15) is 0 Å². The monoisotopic (exact) mass is 162 g/mol. The van der Waals surface area contributed by atoms with Crippen LogP contribution < -0.4 is 5.84 Å². The fourth-order valence-electron chi connectivity index (χ4n) is 0.455. The summed E-state index contributed by atoms with van der Waals surface area (Å²) in [6.45, 7) is 0.833. The van der Waals surface area contributed by atoms with E-state index in [2.05, 4.69) is 0 Å². The molecule has 0 saturated carbocycles. The lowest BCUT2D eigenvalue weighted by Crippen LogP contribution is -2.52. The summed E-state index contributed by atoms with van der Waals surface area (Å²) in [5.41, 5.74) is 0. The number of alkyl halides is 1. The molecule has 1 heterocycles. The van der Waals surface area contributed by atoms with Crippen molar-refractivity contribution in [2.45, 2.75) is 6.17 Å². The molecule has 0 spiro atoms. The molecule has 0 aromatic carbocycles. The second-order valence-electron chi connectivity index (χ2n) is 1.55. The molecule has 1 aliphatic heterocycles. The molecule has 2 N–H and O–H groups in total. The van der Waals surface area contributed by atoms with Crippen molar-refractivity contribution in [1.82, 2.24) is 5.01 Å². The third kappa shape index (κ3) is 2.67. The standard InChI is InChI=1S/C3H7FN2.2ClH/c4-3-1-6(5)2-3;;/h3H,1-2,5H2;2*1H. The summed E-state index contributed by atoms with van der Waals surface area (Å²) in [5, 5.41) is 1.45. The molecule has 1 saturated heterocycles. The Morgan fingerprint density at radius 1 is 1.38 bits per heavy atom. The van der Waals surface area contributed by atoms with Crippen LogP contribution in [0.5, 0.6) is 0 Å². The highest BCUT2D eigenvalue weighted by atomic mass is 35.5. The summed E-state index contributed by atoms with van der Waals surface area (Å²) in [6.07, 6.45) is -0.657. The molecular weight excluding hydrogens is 154 g/mol. The van der Waals surface area contributed by atoms with Crippen LogP contribution in [0.25, 0.3) is 0 Å². The van der Waals surface area contributed by atoms with Crippen LogP contribution in [0.2, 0.25) is 0 Å². The molecule has 1 aliphatic rings. The summed E-state index contributed by atoms with van der Waals surface area (Å²) in [6, 6.07) is 0. The molecule has 0 amide bonds. The van der Waals surface area contributed by atoms with Gasteiger partial charge in [-0.2, -0.15) is 0 Å². The lowest BCUT2D eigenvalue weighted by molar-refractivity contribution is 0.0663. The van der Waals surface area contributed by atoms with E-state index in [4.69, 9.17) is 5.84 Å². The van der Waals surface area contributed by atoms with Gasteiger partial charge in [0.1, 0.15) is 6.17 Å². The van der Waals surface area contributed by atoms with Crippen molar-refractivity contribution < 1.29 is 4.39 Å². The van der Waals surface area contributed by atoms with Gasteiger partial charge in [-0.15, -0.1) is 24.8 Å². The Balaban J connectivity index is 0. The van der Waals surface area contributed by atoms with Crippen molar-refractivity contribution in [3.8, 4) is 0 Å². The first-order valence-electron chi connectivity index (χ1n) is 1.93. The largest absolute Gasteiger partial charge is 0.269 e. The minimum atomic E-state index is -0.657. The van der Waals surface area contributed by atoms with Crippen molar-refractivity contribution >= 4 is 24.8 Å². The third-order valence-corrected chi connectivity index (χ3v) is 0.865. The molecule has 8 heavy (non-hydrogen) atoms. The van der Waals surface area contributed by atoms with Crippen molar-refractivity contribution in [1.29, 1.82) is 0 Å². The Kier molecular flexibility index (Phi) is 6.08. The molecule has 0 unspecified atom stereocenters. The van der Waals surface area contributed by atoms with Gasteiger partial charge in [0.05, 0.1) is 0 Å². The van der Waals surface area contributed by atoms with Gasteiger partial charge >= 0.3 is 0 Å². The second-order valence-corrected chi connectivity index (χ2v) is 1.55. The normalized spacial score (nSPS) is 20.2. The molecule has 52 valence electrons. The zero-order chi connectivity index (χ0) is 4.57. The van der Waals surface area contributed by atoms with E-state index >= 15 is 0 Å². The van der Waals surface area contributed by atoms with Crippen LogP contribution in [-0.2, 0) is 0 Å². The maximum Gasteiger partial charge on any atom is 0.128 e. The molecule has 1 rings (SSSR count). The number of hydrazine groups is 1. The van der Waals surface area contributed by atoms with Gasteiger partial charge in [-0.3, -0.25) is 5.84 Å². The highest BCUT2D eigenvalue weighted by Gasteiger charge is 2.21. The maximum atomic E-state index is 11.6. The summed E-state index contributed by atoms with van der Waals surface area (Å²) >= 11 is 0. The van der Waals surface area contributed by atoms with E-state index in [9.17, 15) is 4.39 Å². The molecule has 0 aliphatic carbocycles. The zero-order valence-corrected chi connectivity index (χ0v) is 5.84. The first-order valence-corrected chi connectivity index (χ1v) is 1.93. The maximum absolute atomic E-state index is 11.6. The van der Waals surface area contributed by atoms with Gasteiger partial charge in [0, 0.05) is 13.1 Å². The predicted molar refractivity (Wildman–Crippen MR) is 35.2 cm³/mol. The molecule has 0 bridgehead atoms. The van der Waals surface area contributed by atoms with Crippen LogP contribution in [-0.4, -0.2) is 24.3 Å². The number of nitrogens with zero attached hydrogens (tertiary/aromatic N) is 1. The number of rotatable bonds is 0. The molecule has 0 aromatic rings. The first-order chi connectivity index (χ1) is 2.79. The Labute approximate surface area is 60.0 Å². The molecule has 5 heteroatoms. The van der Waals surface area contributed by atoms with E-state index in [-0.39, 0.29) is 24.8 Å². The summed E-state index contributed by atoms with van der Waals surface area (Å²) in [5.74, 6) is 5.06. The average Bonchev–Trinajstić information content (AvgIpc) is 1.33. The lowest BCUT2D eigenvalue weighted by atomic mass is 10.2. The van der Waals surface area contributed by atoms with E-state index in [0.717, 1.165) is 0 Å². The Morgan fingerprint density at radius 3 is 1.75 bits per heavy atom. The second kappa shape index (κ2) is 4.32. The van der Waals surface area contributed by atoms with Crippen molar-refractivity contribution in [3.05, 3.63) is 0 Å². The number of nitrogens with two attached hydrogens (primary N) is 1. The van der Waals surface area contributed by atoms with E-state index in [0.29, 0.717) is 13.1 Å². The van der Waals surface area contributed by atoms with Crippen LogP contribution >= 0.6 is 24.8 Å². The van der Waals surface area contributed by atoms with Crippen molar-refractivity contribution in [2.24, 2.45) is 5.84 Å². The molecule has 0 radical (unpaired) electrons. The molecular formula is C3H9Cl2FN2. The summed E-state index contributed by atoms with van der Waals surface area (Å²) in [4.78, 5) is 0. The van der Waals surface area contributed by atoms with Gasteiger partial charge in [0.2, 0.25) is 0 Å². The molecule has 1 fully saturated rings. The first kappa shape index (κ1) is 11.3. The third-order valence-electron chi connectivity index (χ3n) is 0.865. The summed E-state index contributed by atoms with van der Waals surface area (Å²) < 4.78 is 11.6. The van der Waals surface area contributed by atoms with Crippen molar-refractivity contribution in [3.63, 3.8) is 0 Å². The van der Waals surface area contributed by atoms with E-state index < -0.39 is 6.17 Å². The van der Waals surface area contributed by atoms with Crippen molar-refractivity contribution in [2.75, 3.05) is 13.1 Å². The topological polar surface area (TPSA) is 29.3 Å². The molecule has 0 aromatic heterocycles. The highest BCUT2D eigenvalue weighted by Crippen LogP contribution is 2.03. The summed E-state index contributed by atoms with van der Waals surface area (Å²) in [7, 11) is 0. The van der Waals surface area contributed by atoms with Crippen LogP contribution in [0, 0.1) is 0 Å². The van der Waals surface area contributed by atoms with Gasteiger partial charge in [-0.1, -0.05) is 0 Å². The van der Waals surface area contributed by atoms with Gasteiger partial charge < -0.3 is 0 Å². The van der Waals surface area contributed by atoms with E-state index in [1.54, 1.807) is 0 Å². The zero-order valence-electron chi connectivity index (χ0n) is 4.21. The fraction of sp³-hybridized carbons (Fsp3) is 1.00. The number of hydrogen-bond donors (Lipinski definition) is 1. The van der Waals surface area contributed by atoms with Crippen LogP contribution in [0.4, 0.5) is 4.39 Å². The van der Waals surface area contributed by atoms with Crippen LogP contribution in [0.15, 0.2) is 0 Å². The SMILES string of the molecule is Cl.Cl.NN1CC(F)C1. The minimum Gasteiger partial charge on any atom is -0.269 e. The average molecular weight is 163 g/mol. The lowest BCUT2D eigenvalue weighted by Gasteiger charge is -2.28. The Morgan fingerprint density at radius 2 is 1.75 bits per heavy atom. The number of halogens is 3. The van der Waals surface area contributed by atoms with Crippen LogP contribution in [0.3, 0.4) is 0 Å². The van der Waals surface area contributed by atoms with Gasteiger partial charge in [-0.25, -0.2) is 9.40 Å². The predicted octanol–water partition coefficient (Wildman–Crippen LogP) is 0.357. The fourth-order valence-corrected chi connectivity index (χ4v) is 0.455. The Bertz CT molecular complexity index is 51.2. The van der Waals surface area contributed by atoms with Gasteiger partial charge in [-0.05, 0) is 0 Å². The smallest absolute Gasteiger partial charge is 0.128 e. The van der Waals surface area contributed by atoms with Gasteiger partial charge in [0.25, 0.3) is 0 Å².